The van der Waals surface area contributed by atoms with Crippen LogP contribution in [-0.2, 0) is 23.8 Å². The van der Waals surface area contributed by atoms with Crippen LogP contribution in [0.25, 0.3) is 0 Å². The van der Waals surface area contributed by atoms with Crippen molar-refractivity contribution >= 4 is 40.9 Å². The van der Waals surface area contributed by atoms with Crippen molar-refractivity contribution in [2.24, 2.45) is 0 Å². The third-order valence-corrected chi connectivity index (χ3v) is 3.55. The molecule has 1 saturated heterocycles. The maximum absolute atomic E-state index is 11.9. The van der Waals surface area contributed by atoms with Crippen LogP contribution in [0.3, 0.4) is 0 Å². The van der Waals surface area contributed by atoms with E-state index < -0.39 is 39.9 Å². The summed E-state index contributed by atoms with van der Waals surface area (Å²) < 4.78 is 14.6. The maximum Gasteiger partial charge on any atom is 0.350 e. The molecular formula is C16H15ClN2O8. The Hall–Kier alpha value is -3.14. The fourth-order valence-electron chi connectivity index (χ4n) is 2.13. The van der Waals surface area contributed by atoms with E-state index >= 15 is 0 Å². The number of halogens is 1. The second kappa shape index (κ2) is 7.62. The highest BCUT2D eigenvalue weighted by Crippen LogP contribution is 2.34. The van der Waals surface area contributed by atoms with E-state index in [9.17, 15) is 24.5 Å². The summed E-state index contributed by atoms with van der Waals surface area (Å²) in [4.78, 5) is 46.1. The Bertz CT molecular complexity index is 840. The first kappa shape index (κ1) is 20.2. The molecule has 0 radical (unpaired) electrons. The van der Waals surface area contributed by atoms with Gasteiger partial charge in [-0.05, 0) is 13.0 Å². The number of rotatable bonds is 5. The van der Waals surface area contributed by atoms with Gasteiger partial charge >= 0.3 is 17.9 Å². The van der Waals surface area contributed by atoms with Crippen LogP contribution in [0, 0.1) is 10.1 Å². The number of nitrogens with one attached hydrogen (secondary N) is 1. The van der Waals surface area contributed by atoms with Crippen LogP contribution in [-0.4, -0.2) is 35.2 Å². The van der Waals surface area contributed by atoms with Gasteiger partial charge in [-0.3, -0.25) is 10.1 Å². The minimum Gasteiger partial charge on any atom is -0.462 e. The molecule has 11 heteroatoms. The number of nitrogens with zero attached hydrogens (tertiary/aromatic N) is 1. The summed E-state index contributed by atoms with van der Waals surface area (Å²) in [5.74, 6) is -4.14. The van der Waals surface area contributed by atoms with E-state index in [1.165, 1.54) is 13.8 Å². The zero-order valence-corrected chi connectivity index (χ0v) is 15.3. The molecule has 2 rings (SSSR count). The molecule has 1 aromatic carbocycles. The third kappa shape index (κ3) is 4.53. The molecule has 10 nitrogen and oxygen atoms in total. The van der Waals surface area contributed by atoms with Crippen molar-refractivity contribution in [3.63, 3.8) is 0 Å². The van der Waals surface area contributed by atoms with E-state index in [0.29, 0.717) is 0 Å². The summed E-state index contributed by atoms with van der Waals surface area (Å²) in [5, 5.41) is 13.6. The number of cyclic esters (lactones) is 2. The number of nitro groups is 1. The topological polar surface area (TPSA) is 134 Å². The fourth-order valence-corrected chi connectivity index (χ4v) is 2.40. The third-order valence-electron chi connectivity index (χ3n) is 3.25. The molecule has 0 saturated carbocycles. The van der Waals surface area contributed by atoms with E-state index in [0.717, 1.165) is 18.3 Å². The SMILES string of the molecule is CCOC(=O)c1cc(Cl)c(NC=C2C(=O)OC(C)(C)OC2=O)c([N+](=O)[O-])c1. The van der Waals surface area contributed by atoms with Gasteiger partial charge < -0.3 is 19.5 Å². The van der Waals surface area contributed by atoms with Gasteiger partial charge in [-0.2, -0.15) is 0 Å². The summed E-state index contributed by atoms with van der Waals surface area (Å²) in [6.45, 7) is 4.42. The number of hydrogen-bond donors (Lipinski definition) is 1. The lowest BCUT2D eigenvalue weighted by Crippen LogP contribution is -2.42. The van der Waals surface area contributed by atoms with Crippen LogP contribution in [0.4, 0.5) is 11.4 Å². The molecule has 144 valence electrons. The van der Waals surface area contributed by atoms with Crippen LogP contribution in [0.5, 0.6) is 0 Å². The lowest BCUT2D eigenvalue weighted by molar-refractivity contribution is -0.383. The first-order chi connectivity index (χ1) is 12.6. The highest BCUT2D eigenvalue weighted by atomic mass is 35.5. The number of esters is 3. The maximum atomic E-state index is 11.9. The number of anilines is 1. The highest BCUT2D eigenvalue weighted by molar-refractivity contribution is 6.34. The first-order valence-electron chi connectivity index (χ1n) is 7.64. The van der Waals surface area contributed by atoms with Crippen LogP contribution < -0.4 is 5.32 Å². The van der Waals surface area contributed by atoms with Gasteiger partial charge in [-0.25, -0.2) is 14.4 Å². The molecule has 0 amide bonds. The van der Waals surface area contributed by atoms with Gasteiger partial charge in [0.15, 0.2) is 5.57 Å². The summed E-state index contributed by atoms with van der Waals surface area (Å²) >= 11 is 6.02. The zero-order chi connectivity index (χ0) is 20.4. The molecule has 1 aliphatic heterocycles. The summed E-state index contributed by atoms with van der Waals surface area (Å²) in [6, 6.07) is 2.12. The summed E-state index contributed by atoms with van der Waals surface area (Å²) in [5.41, 5.74) is -1.41. The molecule has 0 aromatic heterocycles. The summed E-state index contributed by atoms with van der Waals surface area (Å²) in [7, 11) is 0. The van der Waals surface area contributed by atoms with Gasteiger partial charge in [-0.15, -0.1) is 0 Å². The molecule has 0 spiro atoms. The Morgan fingerprint density at radius 3 is 2.44 bits per heavy atom. The largest absolute Gasteiger partial charge is 0.462 e. The number of carbonyl (C=O) groups is 3. The van der Waals surface area contributed by atoms with Crippen LogP contribution in [0.1, 0.15) is 31.1 Å². The van der Waals surface area contributed by atoms with Gasteiger partial charge in [0.25, 0.3) is 11.5 Å². The van der Waals surface area contributed by atoms with Crippen molar-refractivity contribution in [1.82, 2.24) is 0 Å². The molecule has 1 aliphatic rings. The van der Waals surface area contributed by atoms with E-state index in [4.69, 9.17) is 25.8 Å². The smallest absolute Gasteiger partial charge is 0.350 e. The molecule has 0 bridgehead atoms. The van der Waals surface area contributed by atoms with Crippen LogP contribution in [0.2, 0.25) is 5.02 Å². The molecule has 0 unspecified atom stereocenters. The summed E-state index contributed by atoms with van der Waals surface area (Å²) in [6.07, 6.45) is 0.887. The van der Waals surface area contributed by atoms with Crippen molar-refractivity contribution in [1.29, 1.82) is 0 Å². The normalized spacial score (nSPS) is 15.5. The Balaban J connectivity index is 2.38. The molecule has 0 atom stereocenters. The Morgan fingerprint density at radius 1 is 1.33 bits per heavy atom. The minimum atomic E-state index is -1.42. The molecule has 1 aromatic rings. The quantitative estimate of drug-likeness (QED) is 0.261. The van der Waals surface area contributed by atoms with Gasteiger partial charge in [-0.1, -0.05) is 11.6 Å². The second-order valence-corrected chi connectivity index (χ2v) is 6.12. The zero-order valence-electron chi connectivity index (χ0n) is 14.5. The van der Waals surface area contributed by atoms with Gasteiger partial charge in [0, 0.05) is 26.1 Å². The molecule has 1 heterocycles. The number of hydrogen-bond acceptors (Lipinski definition) is 9. The number of benzene rings is 1. The standard InChI is InChI=1S/C16H15ClN2O8/c1-4-25-13(20)8-5-10(17)12(11(6-8)19(23)24)18-7-9-14(21)26-16(2,3)27-15(9)22/h5-7,18H,4H2,1-3H3. The Kier molecular flexibility index (Phi) is 5.69. The van der Waals surface area contributed by atoms with Crippen LogP contribution >= 0.6 is 11.6 Å². The second-order valence-electron chi connectivity index (χ2n) is 5.71. The molecule has 1 N–H and O–H groups in total. The molecule has 1 fully saturated rings. The average Bonchev–Trinajstić information content (AvgIpc) is 2.53. The predicted molar refractivity (Wildman–Crippen MR) is 92.0 cm³/mol. The predicted octanol–water partition coefficient (Wildman–Crippen LogP) is 2.56. The van der Waals surface area contributed by atoms with Crippen molar-refractivity contribution in [2.75, 3.05) is 11.9 Å². The van der Waals surface area contributed by atoms with E-state index in [2.05, 4.69) is 5.32 Å². The van der Waals surface area contributed by atoms with E-state index in [-0.39, 0.29) is 22.9 Å². The highest BCUT2D eigenvalue weighted by Gasteiger charge is 2.39. The van der Waals surface area contributed by atoms with Crippen molar-refractivity contribution in [2.45, 2.75) is 26.6 Å². The van der Waals surface area contributed by atoms with Crippen LogP contribution in [0.15, 0.2) is 23.9 Å². The first-order valence-corrected chi connectivity index (χ1v) is 8.02. The van der Waals surface area contributed by atoms with Gasteiger partial charge in [0.1, 0.15) is 5.69 Å². The Labute approximate surface area is 158 Å². The van der Waals surface area contributed by atoms with Gasteiger partial charge in [0.05, 0.1) is 22.1 Å². The minimum absolute atomic E-state index is 0.0803. The van der Waals surface area contributed by atoms with Crippen molar-refractivity contribution < 1.29 is 33.5 Å². The van der Waals surface area contributed by atoms with Gasteiger partial charge in [0.2, 0.25) is 0 Å². The fraction of sp³-hybridized carbons (Fsp3) is 0.312. The van der Waals surface area contributed by atoms with E-state index in [1.54, 1.807) is 6.92 Å². The lowest BCUT2D eigenvalue weighted by Gasteiger charge is -2.29. The molecular weight excluding hydrogens is 384 g/mol. The number of nitro benzene ring substituents is 1. The monoisotopic (exact) mass is 398 g/mol. The lowest BCUT2D eigenvalue weighted by atomic mass is 10.1. The number of carbonyl (C=O) groups excluding carboxylic acids is 3. The van der Waals surface area contributed by atoms with Crippen molar-refractivity contribution in [3.05, 3.63) is 44.6 Å². The molecule has 27 heavy (non-hydrogen) atoms. The number of ether oxygens (including phenoxy) is 3. The molecule has 0 aliphatic carbocycles. The van der Waals surface area contributed by atoms with Crippen molar-refractivity contribution in [3.8, 4) is 0 Å². The van der Waals surface area contributed by atoms with E-state index in [1.807, 2.05) is 0 Å². The Morgan fingerprint density at radius 2 is 1.93 bits per heavy atom. The average molecular weight is 399 g/mol.